The fraction of sp³-hybridized carbons (Fsp3) is 0.250. The van der Waals surface area contributed by atoms with Crippen molar-refractivity contribution in [3.05, 3.63) is 56.5 Å². The summed E-state index contributed by atoms with van der Waals surface area (Å²) in [5.74, 6) is 1.05. The molecule has 0 spiro atoms. The highest BCUT2D eigenvalue weighted by molar-refractivity contribution is 9.11. The average Bonchev–Trinajstić information content (AvgIpc) is 2.89. The van der Waals surface area contributed by atoms with Gasteiger partial charge in [-0.25, -0.2) is 0 Å². The Hall–Kier alpha value is -1.00. The molecule has 104 valence electrons. The molecule has 0 radical (unpaired) electrons. The number of ether oxygens (including phenoxy) is 1. The molecule has 0 bridgehead atoms. The van der Waals surface area contributed by atoms with E-state index in [1.165, 1.54) is 11.1 Å². The minimum atomic E-state index is 0.820. The van der Waals surface area contributed by atoms with Crippen LogP contribution in [0.2, 0.25) is 0 Å². The van der Waals surface area contributed by atoms with Gasteiger partial charge in [-0.3, -0.25) is 0 Å². The summed E-state index contributed by atoms with van der Waals surface area (Å²) in [6.45, 7) is 1.72. The van der Waals surface area contributed by atoms with E-state index in [9.17, 15) is 0 Å². The third-order valence-electron chi connectivity index (χ3n) is 3.43. The number of hydrogen-bond donors (Lipinski definition) is 1. The van der Waals surface area contributed by atoms with Gasteiger partial charge in [-0.05, 0) is 67.6 Å². The van der Waals surface area contributed by atoms with Gasteiger partial charge in [0.2, 0.25) is 0 Å². The SMILES string of the molecule is Brc1cccc(Br)c1NCCc1ccc2c(c1)CCO2. The lowest BCUT2D eigenvalue weighted by molar-refractivity contribution is 0.357. The molecule has 0 unspecified atom stereocenters. The molecule has 0 aromatic heterocycles. The van der Waals surface area contributed by atoms with E-state index in [4.69, 9.17) is 4.74 Å². The van der Waals surface area contributed by atoms with Crippen molar-refractivity contribution in [2.24, 2.45) is 0 Å². The second kappa shape index (κ2) is 6.19. The molecule has 0 saturated heterocycles. The van der Waals surface area contributed by atoms with E-state index >= 15 is 0 Å². The lowest BCUT2D eigenvalue weighted by atomic mass is 10.1. The van der Waals surface area contributed by atoms with Crippen LogP contribution in [0.1, 0.15) is 11.1 Å². The molecule has 0 fully saturated rings. The number of hydrogen-bond acceptors (Lipinski definition) is 2. The summed E-state index contributed by atoms with van der Waals surface area (Å²) in [5.41, 5.74) is 3.80. The zero-order chi connectivity index (χ0) is 13.9. The van der Waals surface area contributed by atoms with Crippen molar-refractivity contribution in [1.82, 2.24) is 0 Å². The van der Waals surface area contributed by atoms with Gasteiger partial charge in [-0.1, -0.05) is 18.2 Å². The van der Waals surface area contributed by atoms with Crippen LogP contribution in [0.15, 0.2) is 45.3 Å². The van der Waals surface area contributed by atoms with Crippen LogP contribution in [0.5, 0.6) is 5.75 Å². The Morgan fingerprint density at radius 1 is 1.10 bits per heavy atom. The molecule has 1 heterocycles. The van der Waals surface area contributed by atoms with E-state index in [1.54, 1.807) is 0 Å². The lowest BCUT2D eigenvalue weighted by Gasteiger charge is -2.11. The zero-order valence-corrected chi connectivity index (χ0v) is 14.1. The number of rotatable bonds is 4. The Balaban J connectivity index is 1.63. The normalized spacial score (nSPS) is 12.9. The van der Waals surface area contributed by atoms with Crippen LogP contribution in [0.25, 0.3) is 0 Å². The van der Waals surface area contributed by atoms with Gasteiger partial charge >= 0.3 is 0 Å². The van der Waals surface area contributed by atoms with E-state index in [-0.39, 0.29) is 0 Å². The summed E-state index contributed by atoms with van der Waals surface area (Å²) in [4.78, 5) is 0. The van der Waals surface area contributed by atoms with Crippen molar-refractivity contribution >= 4 is 37.5 Å². The number of nitrogens with one attached hydrogen (secondary N) is 1. The van der Waals surface area contributed by atoms with Crippen molar-refractivity contribution in [2.45, 2.75) is 12.8 Å². The average molecular weight is 397 g/mol. The van der Waals surface area contributed by atoms with E-state index in [0.717, 1.165) is 46.4 Å². The minimum Gasteiger partial charge on any atom is -0.493 e. The maximum atomic E-state index is 5.53. The van der Waals surface area contributed by atoms with Gasteiger partial charge in [0.15, 0.2) is 0 Å². The smallest absolute Gasteiger partial charge is 0.122 e. The summed E-state index contributed by atoms with van der Waals surface area (Å²) in [7, 11) is 0. The van der Waals surface area contributed by atoms with E-state index < -0.39 is 0 Å². The third-order valence-corrected chi connectivity index (χ3v) is 4.75. The molecule has 4 heteroatoms. The van der Waals surface area contributed by atoms with Gasteiger partial charge < -0.3 is 10.1 Å². The molecule has 1 N–H and O–H groups in total. The molecule has 1 aliphatic rings. The van der Waals surface area contributed by atoms with Crippen molar-refractivity contribution in [3.63, 3.8) is 0 Å². The van der Waals surface area contributed by atoms with Gasteiger partial charge in [0, 0.05) is 21.9 Å². The molecule has 2 nitrogen and oxygen atoms in total. The van der Waals surface area contributed by atoms with Crippen molar-refractivity contribution in [2.75, 3.05) is 18.5 Å². The van der Waals surface area contributed by atoms with Gasteiger partial charge in [0.1, 0.15) is 5.75 Å². The molecule has 0 amide bonds. The van der Waals surface area contributed by atoms with Crippen LogP contribution in [0.3, 0.4) is 0 Å². The fourth-order valence-corrected chi connectivity index (χ4v) is 3.67. The van der Waals surface area contributed by atoms with Crippen LogP contribution < -0.4 is 10.1 Å². The van der Waals surface area contributed by atoms with E-state index in [1.807, 2.05) is 18.2 Å². The molecule has 3 rings (SSSR count). The molecular weight excluding hydrogens is 382 g/mol. The molecule has 1 aliphatic heterocycles. The lowest BCUT2D eigenvalue weighted by Crippen LogP contribution is -2.06. The van der Waals surface area contributed by atoms with Crippen molar-refractivity contribution in [1.29, 1.82) is 0 Å². The quantitative estimate of drug-likeness (QED) is 0.801. The van der Waals surface area contributed by atoms with Gasteiger partial charge in [0.25, 0.3) is 0 Å². The summed E-state index contributed by atoms with van der Waals surface area (Å²) in [5, 5.41) is 3.47. The van der Waals surface area contributed by atoms with Crippen LogP contribution in [0, 0.1) is 0 Å². The van der Waals surface area contributed by atoms with Crippen molar-refractivity contribution < 1.29 is 4.74 Å². The van der Waals surface area contributed by atoms with Crippen LogP contribution >= 0.6 is 31.9 Å². The van der Waals surface area contributed by atoms with E-state index in [0.29, 0.717) is 0 Å². The molecule has 2 aromatic rings. The largest absolute Gasteiger partial charge is 0.493 e. The standard InChI is InChI=1S/C16H15Br2NO/c17-13-2-1-3-14(18)16(13)19-8-6-11-4-5-15-12(10-11)7-9-20-15/h1-5,10,19H,6-9H2. The topological polar surface area (TPSA) is 21.3 Å². The number of anilines is 1. The predicted octanol–water partition coefficient (Wildman–Crippen LogP) is 4.80. The zero-order valence-electron chi connectivity index (χ0n) is 11.0. The van der Waals surface area contributed by atoms with E-state index in [2.05, 4.69) is 55.4 Å². The summed E-state index contributed by atoms with van der Waals surface area (Å²) >= 11 is 7.13. The second-order valence-corrected chi connectivity index (χ2v) is 6.52. The third kappa shape index (κ3) is 3.01. The van der Waals surface area contributed by atoms with Crippen molar-refractivity contribution in [3.8, 4) is 5.75 Å². The monoisotopic (exact) mass is 395 g/mol. The summed E-state index contributed by atoms with van der Waals surface area (Å²) in [6, 6.07) is 12.6. The summed E-state index contributed by atoms with van der Waals surface area (Å²) in [6.07, 6.45) is 2.04. The fourth-order valence-electron chi connectivity index (χ4n) is 2.39. The molecular formula is C16H15Br2NO. The molecule has 2 aromatic carbocycles. The summed E-state index contributed by atoms with van der Waals surface area (Å²) < 4.78 is 7.69. The molecule has 0 atom stereocenters. The van der Waals surface area contributed by atoms with Gasteiger partial charge in [0.05, 0.1) is 12.3 Å². The minimum absolute atomic E-state index is 0.820. The highest BCUT2D eigenvalue weighted by Crippen LogP contribution is 2.30. The second-order valence-electron chi connectivity index (χ2n) is 4.81. The first-order valence-electron chi connectivity index (χ1n) is 6.66. The Kier molecular flexibility index (Phi) is 4.32. The van der Waals surface area contributed by atoms with Gasteiger partial charge in [-0.2, -0.15) is 0 Å². The Morgan fingerprint density at radius 2 is 1.90 bits per heavy atom. The number of benzene rings is 2. The van der Waals surface area contributed by atoms with Gasteiger partial charge in [-0.15, -0.1) is 0 Å². The molecule has 0 aliphatic carbocycles. The molecule has 0 saturated carbocycles. The van der Waals surface area contributed by atoms with Crippen LogP contribution in [-0.2, 0) is 12.8 Å². The number of fused-ring (bicyclic) bond motifs is 1. The Bertz CT molecular complexity index is 608. The maximum Gasteiger partial charge on any atom is 0.122 e. The van der Waals surface area contributed by atoms with Crippen LogP contribution in [0.4, 0.5) is 5.69 Å². The number of halogens is 2. The highest BCUT2D eigenvalue weighted by Gasteiger charge is 2.11. The Labute approximate surface area is 135 Å². The first kappa shape index (κ1) is 14.0. The maximum absolute atomic E-state index is 5.53. The Morgan fingerprint density at radius 3 is 2.70 bits per heavy atom. The van der Waals surface area contributed by atoms with Crippen LogP contribution in [-0.4, -0.2) is 13.2 Å². The highest BCUT2D eigenvalue weighted by atomic mass is 79.9. The molecule has 20 heavy (non-hydrogen) atoms. The first-order valence-corrected chi connectivity index (χ1v) is 8.25. The number of para-hydroxylation sites is 1. The predicted molar refractivity (Wildman–Crippen MR) is 89.7 cm³/mol. The first-order chi connectivity index (χ1) is 9.74.